The van der Waals surface area contributed by atoms with Crippen LogP contribution in [0.5, 0.6) is 5.75 Å². The normalized spacial score (nSPS) is 11.5. The molecule has 1 N–H and O–H groups in total. The number of sulfonamides is 1. The molecule has 1 heterocycles. The van der Waals surface area contributed by atoms with Gasteiger partial charge in [-0.15, -0.1) is 0 Å². The van der Waals surface area contributed by atoms with Gasteiger partial charge in [0.2, 0.25) is 10.0 Å². The van der Waals surface area contributed by atoms with Crippen molar-refractivity contribution < 1.29 is 13.2 Å². The van der Waals surface area contributed by atoms with Crippen LogP contribution in [0.1, 0.15) is 26.3 Å². The fourth-order valence-electron chi connectivity index (χ4n) is 2.01. The summed E-state index contributed by atoms with van der Waals surface area (Å²) in [6, 6.07) is 10.4. The number of ether oxygens (including phenoxy) is 1. The van der Waals surface area contributed by atoms with Crippen molar-refractivity contribution in [3.8, 4) is 17.6 Å². The van der Waals surface area contributed by atoms with E-state index in [-0.39, 0.29) is 23.5 Å². The highest BCUT2D eigenvalue weighted by Crippen LogP contribution is 2.23. The third kappa shape index (κ3) is 5.89. The number of aromatic nitrogens is 1. The first kappa shape index (κ1) is 19.0. The predicted molar refractivity (Wildman–Crippen MR) is 97.8 cm³/mol. The average molecular weight is 358 g/mol. The monoisotopic (exact) mass is 358 g/mol. The minimum atomic E-state index is -3.57. The Hall–Kier alpha value is -2.36. The summed E-state index contributed by atoms with van der Waals surface area (Å²) >= 11 is 0. The molecule has 2 rings (SSSR count). The Morgan fingerprint density at radius 1 is 1.12 bits per heavy atom. The van der Waals surface area contributed by atoms with Crippen molar-refractivity contribution in [2.75, 3.05) is 13.2 Å². The van der Waals surface area contributed by atoms with Crippen LogP contribution in [0.4, 0.5) is 0 Å². The van der Waals surface area contributed by atoms with Crippen LogP contribution >= 0.6 is 0 Å². The lowest BCUT2D eigenvalue weighted by Gasteiger charge is -2.19. The molecule has 0 unspecified atom stereocenters. The summed E-state index contributed by atoms with van der Waals surface area (Å²) < 4.78 is 32.3. The second kappa shape index (κ2) is 8.15. The zero-order valence-corrected chi connectivity index (χ0v) is 15.4. The summed E-state index contributed by atoms with van der Waals surface area (Å²) in [5, 5.41) is 0. The number of hydrogen-bond acceptors (Lipinski definition) is 4. The largest absolute Gasteiger partial charge is 0.479 e. The van der Waals surface area contributed by atoms with Crippen LogP contribution in [0.15, 0.2) is 53.7 Å². The molecule has 0 aliphatic heterocycles. The number of rotatable bonds is 5. The van der Waals surface area contributed by atoms with E-state index in [1.54, 1.807) is 36.7 Å². The van der Waals surface area contributed by atoms with Gasteiger partial charge in [0.05, 0.1) is 17.6 Å². The van der Waals surface area contributed by atoms with E-state index in [1.807, 2.05) is 12.1 Å². The fraction of sp³-hybridized carbons (Fsp3) is 0.316. The molecular weight excluding hydrogens is 336 g/mol. The summed E-state index contributed by atoms with van der Waals surface area (Å²) in [7, 11) is -3.57. The third-order valence-corrected chi connectivity index (χ3v) is 4.87. The van der Waals surface area contributed by atoms with Gasteiger partial charge >= 0.3 is 0 Å². The van der Waals surface area contributed by atoms with E-state index < -0.39 is 10.0 Å². The smallest absolute Gasteiger partial charge is 0.241 e. The van der Waals surface area contributed by atoms with Crippen LogP contribution in [-0.4, -0.2) is 26.6 Å². The van der Waals surface area contributed by atoms with Gasteiger partial charge in [-0.25, -0.2) is 8.42 Å². The molecule has 0 saturated carbocycles. The molecule has 0 amide bonds. The Morgan fingerprint density at radius 3 is 2.44 bits per heavy atom. The molecule has 6 heteroatoms. The van der Waals surface area contributed by atoms with Crippen LogP contribution in [-0.2, 0) is 15.4 Å². The molecule has 0 spiro atoms. The lowest BCUT2D eigenvalue weighted by atomic mass is 9.87. The molecule has 2 aromatic rings. The molecule has 0 aliphatic rings. The predicted octanol–water partition coefficient (Wildman–Crippen LogP) is 2.74. The number of benzene rings is 1. The minimum absolute atomic E-state index is 0.0184. The first-order chi connectivity index (χ1) is 11.8. The number of nitrogens with one attached hydrogen (secondary N) is 1. The molecule has 5 nitrogen and oxygen atoms in total. The van der Waals surface area contributed by atoms with Gasteiger partial charge < -0.3 is 4.74 Å². The summed E-state index contributed by atoms with van der Waals surface area (Å²) in [6.07, 6.45) is 3.24. The van der Waals surface area contributed by atoms with Crippen molar-refractivity contribution in [2.24, 2.45) is 0 Å². The van der Waals surface area contributed by atoms with Gasteiger partial charge in [-0.05, 0) is 35.2 Å². The Kier molecular flexibility index (Phi) is 6.18. The summed E-state index contributed by atoms with van der Waals surface area (Å²) in [4.78, 5) is 4.15. The number of pyridine rings is 1. The van der Waals surface area contributed by atoms with Gasteiger partial charge in [0.15, 0.2) is 0 Å². The molecule has 25 heavy (non-hydrogen) atoms. The zero-order chi connectivity index (χ0) is 18.3. The minimum Gasteiger partial charge on any atom is -0.479 e. The Labute approximate surface area is 149 Å². The summed E-state index contributed by atoms with van der Waals surface area (Å²) in [5.41, 5.74) is 1.06. The third-order valence-electron chi connectivity index (χ3n) is 3.45. The molecule has 1 aromatic carbocycles. The number of nitrogens with zero attached hydrogens (tertiary/aromatic N) is 1. The quantitative estimate of drug-likeness (QED) is 0.835. The first-order valence-electron chi connectivity index (χ1n) is 7.88. The molecule has 1 aromatic heterocycles. The van der Waals surface area contributed by atoms with Crippen molar-refractivity contribution in [1.29, 1.82) is 0 Å². The lowest BCUT2D eigenvalue weighted by molar-refractivity contribution is 0.368. The van der Waals surface area contributed by atoms with Gasteiger partial charge in [-0.2, -0.15) is 4.72 Å². The van der Waals surface area contributed by atoms with Gasteiger partial charge in [0, 0.05) is 6.20 Å². The second-order valence-corrected chi connectivity index (χ2v) is 8.20. The molecule has 0 aliphatic carbocycles. The van der Waals surface area contributed by atoms with Crippen LogP contribution < -0.4 is 9.46 Å². The van der Waals surface area contributed by atoms with E-state index in [4.69, 9.17) is 4.74 Å². The van der Waals surface area contributed by atoms with Crippen molar-refractivity contribution >= 4 is 10.0 Å². The summed E-state index contributed by atoms with van der Waals surface area (Å²) in [6.45, 7) is 6.45. The highest BCUT2D eigenvalue weighted by Gasteiger charge is 2.16. The van der Waals surface area contributed by atoms with Crippen LogP contribution in [0.25, 0.3) is 0 Å². The molecule has 0 fully saturated rings. The molecule has 0 atom stereocenters. The van der Waals surface area contributed by atoms with Crippen molar-refractivity contribution in [3.05, 3.63) is 54.4 Å². The van der Waals surface area contributed by atoms with Crippen LogP contribution in [0.3, 0.4) is 0 Å². The summed E-state index contributed by atoms with van der Waals surface area (Å²) in [5.74, 6) is 6.11. The zero-order valence-electron chi connectivity index (χ0n) is 14.6. The average Bonchev–Trinajstić information content (AvgIpc) is 2.58. The van der Waals surface area contributed by atoms with Crippen LogP contribution in [0.2, 0.25) is 0 Å². The Bertz CT molecular complexity index is 844. The highest BCUT2D eigenvalue weighted by atomic mass is 32.2. The van der Waals surface area contributed by atoms with Crippen molar-refractivity contribution in [3.63, 3.8) is 0 Å². The maximum atomic E-state index is 12.2. The maximum Gasteiger partial charge on any atom is 0.241 e. The SMILES string of the molecule is CC(C)(C)c1ccc(S(=O)(=O)NCC#CCOc2cccnc2)cc1. The van der Waals surface area contributed by atoms with Crippen molar-refractivity contribution in [2.45, 2.75) is 31.1 Å². The van der Waals surface area contributed by atoms with E-state index in [0.29, 0.717) is 5.75 Å². The van der Waals surface area contributed by atoms with Crippen LogP contribution in [0, 0.1) is 11.8 Å². The molecular formula is C19H22N2O3S. The Morgan fingerprint density at radius 2 is 1.84 bits per heavy atom. The first-order valence-corrected chi connectivity index (χ1v) is 9.36. The van der Waals surface area contributed by atoms with E-state index in [2.05, 4.69) is 42.3 Å². The standard InChI is InChI=1S/C19H22N2O3S/c1-19(2,3)16-8-10-18(11-9-16)25(22,23)21-13-4-5-14-24-17-7-6-12-20-15-17/h6-12,15,21H,13-14H2,1-3H3. The Balaban J connectivity index is 1.86. The fourth-order valence-corrected chi connectivity index (χ4v) is 2.94. The number of hydrogen-bond donors (Lipinski definition) is 1. The highest BCUT2D eigenvalue weighted by molar-refractivity contribution is 7.89. The lowest BCUT2D eigenvalue weighted by Crippen LogP contribution is -2.24. The molecule has 0 radical (unpaired) electrons. The molecule has 0 saturated heterocycles. The van der Waals surface area contributed by atoms with Gasteiger partial charge in [-0.1, -0.05) is 44.7 Å². The second-order valence-electron chi connectivity index (χ2n) is 6.43. The van der Waals surface area contributed by atoms with Gasteiger partial charge in [0.1, 0.15) is 12.4 Å². The maximum absolute atomic E-state index is 12.2. The van der Waals surface area contributed by atoms with Gasteiger partial charge in [0.25, 0.3) is 0 Å². The van der Waals surface area contributed by atoms with E-state index in [1.165, 1.54) is 0 Å². The van der Waals surface area contributed by atoms with E-state index in [0.717, 1.165) is 5.56 Å². The van der Waals surface area contributed by atoms with E-state index in [9.17, 15) is 8.42 Å². The molecule has 132 valence electrons. The van der Waals surface area contributed by atoms with Crippen molar-refractivity contribution in [1.82, 2.24) is 9.71 Å². The van der Waals surface area contributed by atoms with Gasteiger partial charge in [-0.3, -0.25) is 4.98 Å². The molecule has 0 bridgehead atoms. The topological polar surface area (TPSA) is 68.3 Å². The van der Waals surface area contributed by atoms with E-state index >= 15 is 0 Å².